The van der Waals surface area contributed by atoms with E-state index in [9.17, 15) is 0 Å². The van der Waals surface area contributed by atoms with Gasteiger partial charge in [0.15, 0.2) is 0 Å². The van der Waals surface area contributed by atoms with Crippen LogP contribution in [0.2, 0.25) is 10.0 Å². The van der Waals surface area contributed by atoms with Crippen LogP contribution in [0.1, 0.15) is 18.0 Å². The van der Waals surface area contributed by atoms with Gasteiger partial charge in [-0.2, -0.15) is 0 Å². The van der Waals surface area contributed by atoms with Crippen LogP contribution in [0.15, 0.2) is 18.2 Å². The van der Waals surface area contributed by atoms with Crippen LogP contribution in [0.25, 0.3) is 0 Å². The van der Waals surface area contributed by atoms with Crippen LogP contribution in [0, 0.1) is 0 Å². The van der Waals surface area contributed by atoms with E-state index in [0.29, 0.717) is 16.5 Å². The summed E-state index contributed by atoms with van der Waals surface area (Å²) in [5.41, 5.74) is 6.55. The van der Waals surface area contributed by atoms with E-state index < -0.39 is 0 Å². The van der Waals surface area contributed by atoms with Crippen molar-refractivity contribution in [3.05, 3.63) is 33.8 Å². The van der Waals surface area contributed by atoms with Gasteiger partial charge in [-0.05, 0) is 18.1 Å². The number of hydrogen-bond donors (Lipinski definition) is 2. The van der Waals surface area contributed by atoms with Gasteiger partial charge in [0.2, 0.25) is 0 Å². The zero-order valence-corrected chi connectivity index (χ0v) is 9.74. The summed E-state index contributed by atoms with van der Waals surface area (Å²) in [6.07, 6.45) is 0.486. The highest BCUT2D eigenvalue weighted by molar-refractivity contribution is 6.42. The molecule has 3 N–H and O–H groups in total. The molecule has 1 aromatic rings. The third-order valence-electron chi connectivity index (χ3n) is 1.82. The Labute approximate surface area is 99.4 Å². The van der Waals surface area contributed by atoms with Crippen molar-refractivity contribution < 1.29 is 5.11 Å². The van der Waals surface area contributed by atoms with E-state index in [2.05, 4.69) is 0 Å². The molecule has 1 atom stereocenters. The van der Waals surface area contributed by atoms with Gasteiger partial charge < -0.3 is 10.8 Å². The summed E-state index contributed by atoms with van der Waals surface area (Å²) in [6.45, 7) is 0.0456. The van der Waals surface area contributed by atoms with E-state index in [0.717, 1.165) is 5.56 Å². The molecule has 1 aromatic carbocycles. The summed E-state index contributed by atoms with van der Waals surface area (Å²) in [4.78, 5) is 0. The van der Waals surface area contributed by atoms with Gasteiger partial charge in [0.25, 0.3) is 0 Å². The van der Waals surface area contributed by atoms with Crippen LogP contribution < -0.4 is 5.73 Å². The first kappa shape index (κ1) is 14.0. The molecule has 80 valence electrons. The van der Waals surface area contributed by atoms with Gasteiger partial charge in [0.05, 0.1) is 10.0 Å². The number of nitrogens with two attached hydrogens (primary N) is 1. The topological polar surface area (TPSA) is 46.2 Å². The predicted octanol–water partition coefficient (Wildman–Crippen LogP) is 2.80. The Morgan fingerprint density at radius 1 is 1.36 bits per heavy atom. The van der Waals surface area contributed by atoms with Gasteiger partial charge in [0.1, 0.15) is 0 Å². The number of hydrogen-bond acceptors (Lipinski definition) is 2. The molecule has 0 aliphatic heterocycles. The van der Waals surface area contributed by atoms with Gasteiger partial charge in [-0.25, -0.2) is 0 Å². The standard InChI is InChI=1S/C9H11Cl2NO.ClH/c10-7-3-1-2-6(9(7)11)8(12)4-5-13;/h1-3,8,13H,4-5,12H2;1H. The number of benzene rings is 1. The fourth-order valence-electron chi connectivity index (χ4n) is 1.10. The van der Waals surface area contributed by atoms with Gasteiger partial charge in [-0.3, -0.25) is 0 Å². The molecule has 0 aromatic heterocycles. The van der Waals surface area contributed by atoms with Crippen LogP contribution >= 0.6 is 35.6 Å². The zero-order valence-electron chi connectivity index (χ0n) is 7.41. The molecular formula is C9H12Cl3NO. The van der Waals surface area contributed by atoms with Crippen LogP contribution in [0.3, 0.4) is 0 Å². The first-order chi connectivity index (χ1) is 6.16. The second kappa shape index (κ2) is 6.49. The normalized spacial score (nSPS) is 12.0. The number of halogens is 3. The van der Waals surface area contributed by atoms with E-state index in [4.69, 9.17) is 34.0 Å². The molecule has 1 rings (SSSR count). The van der Waals surface area contributed by atoms with Gasteiger partial charge in [0, 0.05) is 12.6 Å². The Kier molecular flexibility index (Phi) is 6.49. The highest BCUT2D eigenvalue weighted by atomic mass is 35.5. The highest BCUT2D eigenvalue weighted by Crippen LogP contribution is 2.29. The van der Waals surface area contributed by atoms with Crippen LogP contribution in [0.4, 0.5) is 0 Å². The smallest absolute Gasteiger partial charge is 0.0640 e. The fraction of sp³-hybridized carbons (Fsp3) is 0.333. The Morgan fingerprint density at radius 3 is 2.57 bits per heavy atom. The van der Waals surface area contributed by atoms with E-state index in [1.165, 1.54) is 0 Å². The fourth-order valence-corrected chi connectivity index (χ4v) is 1.55. The van der Waals surface area contributed by atoms with Crippen LogP contribution in [-0.2, 0) is 0 Å². The van der Waals surface area contributed by atoms with E-state index in [-0.39, 0.29) is 25.1 Å². The van der Waals surface area contributed by atoms with Crippen molar-refractivity contribution in [1.29, 1.82) is 0 Å². The number of aliphatic hydroxyl groups excluding tert-OH is 1. The van der Waals surface area contributed by atoms with Crippen molar-refractivity contribution in [2.24, 2.45) is 5.73 Å². The lowest BCUT2D eigenvalue weighted by Gasteiger charge is -2.12. The van der Waals surface area contributed by atoms with E-state index in [1.807, 2.05) is 6.07 Å². The van der Waals surface area contributed by atoms with Crippen molar-refractivity contribution in [2.75, 3.05) is 6.61 Å². The lowest BCUT2D eigenvalue weighted by Crippen LogP contribution is -2.12. The molecule has 0 aliphatic carbocycles. The van der Waals surface area contributed by atoms with Crippen molar-refractivity contribution in [3.63, 3.8) is 0 Å². The quantitative estimate of drug-likeness (QED) is 0.873. The lowest BCUT2D eigenvalue weighted by atomic mass is 10.1. The maximum Gasteiger partial charge on any atom is 0.0640 e. The molecule has 0 saturated heterocycles. The molecule has 14 heavy (non-hydrogen) atoms. The minimum absolute atomic E-state index is 0. The zero-order chi connectivity index (χ0) is 9.84. The van der Waals surface area contributed by atoms with Crippen LogP contribution in [0.5, 0.6) is 0 Å². The van der Waals surface area contributed by atoms with Gasteiger partial charge in [-0.1, -0.05) is 35.3 Å². The van der Waals surface area contributed by atoms with Crippen molar-refractivity contribution in [1.82, 2.24) is 0 Å². The van der Waals surface area contributed by atoms with Crippen LogP contribution in [-0.4, -0.2) is 11.7 Å². The summed E-state index contributed by atoms with van der Waals surface area (Å²) in [5, 5.41) is 9.67. The molecule has 0 heterocycles. The molecule has 0 aliphatic rings. The van der Waals surface area contributed by atoms with Crippen molar-refractivity contribution in [2.45, 2.75) is 12.5 Å². The first-order valence-electron chi connectivity index (χ1n) is 3.97. The second-order valence-corrected chi connectivity index (χ2v) is 3.55. The van der Waals surface area contributed by atoms with Gasteiger partial charge >= 0.3 is 0 Å². The molecule has 2 nitrogen and oxygen atoms in total. The number of rotatable bonds is 3. The molecule has 0 amide bonds. The number of aliphatic hydroxyl groups is 1. The molecule has 0 saturated carbocycles. The molecule has 0 spiro atoms. The average molecular weight is 257 g/mol. The largest absolute Gasteiger partial charge is 0.396 e. The molecule has 0 fully saturated rings. The predicted molar refractivity (Wildman–Crippen MR) is 62.3 cm³/mol. The molecule has 5 heteroatoms. The summed E-state index contributed by atoms with van der Waals surface area (Å²) in [7, 11) is 0. The average Bonchev–Trinajstić information content (AvgIpc) is 2.10. The SMILES string of the molecule is Cl.NC(CCO)c1cccc(Cl)c1Cl. The molecule has 0 radical (unpaired) electrons. The van der Waals surface area contributed by atoms with E-state index in [1.54, 1.807) is 12.1 Å². The minimum atomic E-state index is -0.254. The van der Waals surface area contributed by atoms with E-state index >= 15 is 0 Å². The second-order valence-electron chi connectivity index (χ2n) is 2.76. The molecular weight excluding hydrogens is 244 g/mol. The Bertz CT molecular complexity index is 293. The highest BCUT2D eigenvalue weighted by Gasteiger charge is 2.11. The molecule has 0 bridgehead atoms. The third kappa shape index (κ3) is 3.30. The lowest BCUT2D eigenvalue weighted by molar-refractivity contribution is 0.276. The minimum Gasteiger partial charge on any atom is -0.396 e. The summed E-state index contributed by atoms with van der Waals surface area (Å²) in [6, 6.07) is 5.06. The Hall–Kier alpha value is 0.01000. The maximum atomic E-state index is 8.70. The first-order valence-corrected chi connectivity index (χ1v) is 4.72. The third-order valence-corrected chi connectivity index (χ3v) is 2.65. The Morgan fingerprint density at radius 2 is 2.00 bits per heavy atom. The Balaban J connectivity index is 0.00000169. The summed E-state index contributed by atoms with van der Waals surface area (Å²) >= 11 is 11.7. The summed E-state index contributed by atoms with van der Waals surface area (Å²) in [5.74, 6) is 0. The monoisotopic (exact) mass is 255 g/mol. The van der Waals surface area contributed by atoms with Gasteiger partial charge in [-0.15, -0.1) is 12.4 Å². The van der Waals surface area contributed by atoms with Crippen molar-refractivity contribution in [3.8, 4) is 0 Å². The van der Waals surface area contributed by atoms with Crippen molar-refractivity contribution >= 4 is 35.6 Å². The maximum absolute atomic E-state index is 8.70. The molecule has 1 unspecified atom stereocenters. The summed E-state index contributed by atoms with van der Waals surface area (Å²) < 4.78 is 0.